The molecule has 0 unspecified atom stereocenters. The van der Waals surface area contributed by atoms with Gasteiger partial charge in [-0.3, -0.25) is 0 Å². The third kappa shape index (κ3) is 3.56. The first-order valence-corrected chi connectivity index (χ1v) is 7.50. The van der Waals surface area contributed by atoms with E-state index < -0.39 is 0 Å². The summed E-state index contributed by atoms with van der Waals surface area (Å²) in [6, 6.07) is 10.9. The van der Waals surface area contributed by atoms with Gasteiger partial charge in [-0.25, -0.2) is 0 Å². The van der Waals surface area contributed by atoms with E-state index in [4.69, 9.17) is 0 Å². The highest BCUT2D eigenvalue weighted by Crippen LogP contribution is 2.18. The van der Waals surface area contributed by atoms with Gasteiger partial charge in [0.25, 0.3) is 0 Å². The van der Waals surface area contributed by atoms with Gasteiger partial charge in [0.2, 0.25) is 0 Å². The fourth-order valence-electron chi connectivity index (χ4n) is 2.37. The Morgan fingerprint density at radius 3 is 2.25 bits per heavy atom. The van der Waals surface area contributed by atoms with Gasteiger partial charge in [0.15, 0.2) is 0 Å². The molecule has 20 heavy (non-hydrogen) atoms. The molecule has 2 rings (SSSR count). The van der Waals surface area contributed by atoms with Crippen molar-refractivity contribution in [2.24, 2.45) is 0 Å². The van der Waals surface area contributed by atoms with E-state index in [0.29, 0.717) is 0 Å². The lowest BCUT2D eigenvalue weighted by Crippen LogP contribution is -2.21. The zero-order valence-electron chi connectivity index (χ0n) is 12.8. The maximum atomic E-state index is 3.47. The number of aryl methyl sites for hydroxylation is 1. The lowest BCUT2D eigenvalue weighted by molar-refractivity contribution is 0.766. The topological polar surface area (TPSA) is 20.2 Å². The average molecular weight is 271 g/mol. The summed E-state index contributed by atoms with van der Waals surface area (Å²) in [5.74, 6) is 0. The minimum atomic E-state index is 0.873. The second kappa shape index (κ2) is 7.04. The molecule has 0 fully saturated rings. The maximum Gasteiger partial charge on any atom is 0.0415 e. The average Bonchev–Trinajstić information content (AvgIpc) is 2.96. The molecule has 2 aromatic rings. The van der Waals surface area contributed by atoms with Crippen LogP contribution in [-0.4, -0.2) is 17.7 Å². The minimum absolute atomic E-state index is 0.873. The van der Waals surface area contributed by atoms with Crippen LogP contribution in [0.2, 0.25) is 0 Å². The second-order valence-corrected chi connectivity index (χ2v) is 4.92. The van der Waals surface area contributed by atoms with Crippen LogP contribution in [0.5, 0.6) is 0 Å². The van der Waals surface area contributed by atoms with Gasteiger partial charge in [-0.1, -0.05) is 0 Å². The molecule has 0 aliphatic rings. The Kier molecular flexibility index (Phi) is 5.10. The van der Waals surface area contributed by atoms with E-state index in [1.165, 1.54) is 16.9 Å². The Morgan fingerprint density at radius 1 is 1.00 bits per heavy atom. The second-order valence-electron chi connectivity index (χ2n) is 4.92. The SMILES string of the molecule is CCN(CC)c1ccc(NCc2ccn(CC)c2)cc1. The molecule has 1 aromatic heterocycles. The van der Waals surface area contributed by atoms with Crippen LogP contribution in [0.25, 0.3) is 0 Å². The standard InChI is InChI=1S/C17H25N3/c1-4-19-12-11-15(14-19)13-18-16-7-9-17(10-8-16)20(5-2)6-3/h7-12,14,18H,4-6,13H2,1-3H3. The van der Waals surface area contributed by atoms with Crippen LogP contribution in [0.1, 0.15) is 26.3 Å². The summed E-state index contributed by atoms with van der Waals surface area (Å²) in [4.78, 5) is 2.35. The predicted molar refractivity (Wildman–Crippen MR) is 87.4 cm³/mol. The van der Waals surface area contributed by atoms with E-state index in [9.17, 15) is 0 Å². The van der Waals surface area contributed by atoms with E-state index in [0.717, 1.165) is 26.2 Å². The van der Waals surface area contributed by atoms with Gasteiger partial charge in [0, 0.05) is 49.9 Å². The van der Waals surface area contributed by atoms with Gasteiger partial charge in [-0.15, -0.1) is 0 Å². The summed E-state index contributed by atoms with van der Waals surface area (Å²) in [5, 5.41) is 3.47. The summed E-state index contributed by atoms with van der Waals surface area (Å²) in [5.41, 5.74) is 3.78. The molecule has 1 aromatic carbocycles. The smallest absolute Gasteiger partial charge is 0.0415 e. The molecule has 0 atom stereocenters. The van der Waals surface area contributed by atoms with Crippen LogP contribution in [-0.2, 0) is 13.1 Å². The molecule has 1 heterocycles. The summed E-state index contributed by atoms with van der Waals surface area (Å²) >= 11 is 0. The molecule has 0 spiro atoms. The van der Waals surface area contributed by atoms with Crippen LogP contribution in [0, 0.1) is 0 Å². The van der Waals surface area contributed by atoms with E-state index in [-0.39, 0.29) is 0 Å². The Hall–Kier alpha value is -1.90. The first-order chi connectivity index (χ1) is 9.76. The quantitative estimate of drug-likeness (QED) is 0.822. The van der Waals surface area contributed by atoms with Gasteiger partial charge in [-0.05, 0) is 56.7 Å². The van der Waals surface area contributed by atoms with Gasteiger partial charge in [0.1, 0.15) is 0 Å². The molecule has 0 bridgehead atoms. The highest BCUT2D eigenvalue weighted by molar-refractivity contribution is 5.55. The Morgan fingerprint density at radius 2 is 1.70 bits per heavy atom. The van der Waals surface area contributed by atoms with Crippen molar-refractivity contribution in [3.8, 4) is 0 Å². The number of nitrogens with zero attached hydrogens (tertiary/aromatic N) is 2. The third-order valence-corrected chi connectivity index (χ3v) is 3.67. The first kappa shape index (κ1) is 14.5. The molecule has 1 N–H and O–H groups in total. The number of hydrogen-bond acceptors (Lipinski definition) is 2. The van der Waals surface area contributed by atoms with Crippen molar-refractivity contribution in [2.75, 3.05) is 23.3 Å². The van der Waals surface area contributed by atoms with Crippen molar-refractivity contribution in [2.45, 2.75) is 33.9 Å². The first-order valence-electron chi connectivity index (χ1n) is 7.50. The molecule has 0 aliphatic carbocycles. The Balaban J connectivity index is 1.93. The molecule has 3 nitrogen and oxygen atoms in total. The monoisotopic (exact) mass is 271 g/mol. The molecule has 0 saturated heterocycles. The van der Waals surface area contributed by atoms with Crippen LogP contribution < -0.4 is 10.2 Å². The number of rotatable bonds is 7. The van der Waals surface area contributed by atoms with Gasteiger partial charge in [-0.2, -0.15) is 0 Å². The molecule has 108 valence electrons. The number of benzene rings is 1. The Bertz CT molecular complexity index is 509. The zero-order chi connectivity index (χ0) is 14.4. The maximum absolute atomic E-state index is 3.47. The van der Waals surface area contributed by atoms with Crippen LogP contribution in [0.15, 0.2) is 42.7 Å². The molecule has 0 aliphatic heterocycles. The van der Waals surface area contributed by atoms with Crippen molar-refractivity contribution in [3.05, 3.63) is 48.3 Å². The molecule has 0 radical (unpaired) electrons. The Labute approximate surface area is 122 Å². The predicted octanol–water partition coefficient (Wildman–Crippen LogP) is 3.97. The number of aromatic nitrogens is 1. The molecule has 3 heteroatoms. The highest BCUT2D eigenvalue weighted by atomic mass is 15.1. The van der Waals surface area contributed by atoms with Crippen molar-refractivity contribution in [3.63, 3.8) is 0 Å². The van der Waals surface area contributed by atoms with Crippen molar-refractivity contribution in [1.29, 1.82) is 0 Å². The molecular formula is C17H25N3. The van der Waals surface area contributed by atoms with Gasteiger partial charge >= 0.3 is 0 Å². The largest absolute Gasteiger partial charge is 0.381 e. The normalized spacial score (nSPS) is 10.6. The lowest BCUT2D eigenvalue weighted by Gasteiger charge is -2.21. The molecule has 0 saturated carbocycles. The zero-order valence-corrected chi connectivity index (χ0v) is 12.8. The van der Waals surface area contributed by atoms with E-state index >= 15 is 0 Å². The fraction of sp³-hybridized carbons (Fsp3) is 0.412. The van der Waals surface area contributed by atoms with E-state index in [2.05, 4.69) is 78.3 Å². The summed E-state index contributed by atoms with van der Waals surface area (Å²) < 4.78 is 2.19. The van der Waals surface area contributed by atoms with Crippen molar-refractivity contribution < 1.29 is 0 Å². The fourth-order valence-corrected chi connectivity index (χ4v) is 2.37. The minimum Gasteiger partial charge on any atom is -0.381 e. The molecular weight excluding hydrogens is 246 g/mol. The van der Waals surface area contributed by atoms with Gasteiger partial charge in [0.05, 0.1) is 0 Å². The van der Waals surface area contributed by atoms with Crippen LogP contribution >= 0.6 is 0 Å². The molecule has 0 amide bonds. The van der Waals surface area contributed by atoms with Crippen LogP contribution in [0.3, 0.4) is 0 Å². The summed E-state index contributed by atoms with van der Waals surface area (Å²) in [7, 11) is 0. The van der Waals surface area contributed by atoms with Crippen molar-refractivity contribution >= 4 is 11.4 Å². The van der Waals surface area contributed by atoms with E-state index in [1.807, 2.05) is 0 Å². The third-order valence-electron chi connectivity index (χ3n) is 3.67. The van der Waals surface area contributed by atoms with Crippen molar-refractivity contribution in [1.82, 2.24) is 4.57 Å². The number of nitrogens with one attached hydrogen (secondary N) is 1. The number of hydrogen-bond donors (Lipinski definition) is 1. The van der Waals surface area contributed by atoms with Gasteiger partial charge < -0.3 is 14.8 Å². The highest BCUT2D eigenvalue weighted by Gasteiger charge is 2.01. The summed E-state index contributed by atoms with van der Waals surface area (Å²) in [6.07, 6.45) is 4.32. The number of anilines is 2. The lowest BCUT2D eigenvalue weighted by atomic mass is 10.2. The van der Waals surface area contributed by atoms with Crippen LogP contribution in [0.4, 0.5) is 11.4 Å². The summed E-state index contributed by atoms with van der Waals surface area (Å²) in [6.45, 7) is 10.5. The van der Waals surface area contributed by atoms with E-state index in [1.54, 1.807) is 0 Å².